The van der Waals surface area contributed by atoms with Crippen molar-refractivity contribution in [2.24, 2.45) is 0 Å². The van der Waals surface area contributed by atoms with E-state index in [9.17, 15) is 9.18 Å². The molecule has 4 heteroatoms. The molecule has 2 aromatic carbocycles. The lowest BCUT2D eigenvalue weighted by molar-refractivity contribution is -0.116. The summed E-state index contributed by atoms with van der Waals surface area (Å²) in [4.78, 5) is 14.2. The van der Waals surface area contributed by atoms with E-state index >= 15 is 0 Å². The first-order valence-electron chi connectivity index (χ1n) is 8.03. The molecular formula is C19H21FN2O. The number of hydrogen-bond acceptors (Lipinski definition) is 2. The Balaban J connectivity index is 1.66. The number of fused-ring (bicyclic) bond motifs is 1. The Labute approximate surface area is 136 Å². The number of halogens is 1. The van der Waals surface area contributed by atoms with E-state index in [1.54, 1.807) is 6.07 Å². The number of benzene rings is 2. The van der Waals surface area contributed by atoms with Gasteiger partial charge in [0, 0.05) is 36.4 Å². The van der Waals surface area contributed by atoms with Crippen molar-refractivity contribution in [2.75, 3.05) is 23.3 Å². The van der Waals surface area contributed by atoms with Gasteiger partial charge in [0.25, 0.3) is 0 Å². The number of amides is 1. The van der Waals surface area contributed by atoms with E-state index in [0.717, 1.165) is 41.9 Å². The van der Waals surface area contributed by atoms with E-state index in [1.807, 2.05) is 43.3 Å². The highest BCUT2D eigenvalue weighted by atomic mass is 19.1. The monoisotopic (exact) mass is 312 g/mol. The van der Waals surface area contributed by atoms with Gasteiger partial charge in [-0.05, 0) is 43.5 Å². The molecule has 120 valence electrons. The average molecular weight is 312 g/mol. The molecule has 0 saturated heterocycles. The van der Waals surface area contributed by atoms with Crippen molar-refractivity contribution in [2.45, 2.75) is 26.2 Å². The minimum Gasteiger partial charge on any atom is -0.370 e. The highest BCUT2D eigenvalue weighted by Crippen LogP contribution is 2.32. The molecule has 0 saturated carbocycles. The molecule has 3 nitrogen and oxygen atoms in total. The molecular weight excluding hydrogens is 291 g/mol. The first-order chi connectivity index (χ1) is 11.1. The molecule has 0 fully saturated rings. The van der Waals surface area contributed by atoms with Crippen LogP contribution in [-0.2, 0) is 11.2 Å². The van der Waals surface area contributed by atoms with Gasteiger partial charge >= 0.3 is 0 Å². The van der Waals surface area contributed by atoms with Crippen molar-refractivity contribution in [3.8, 4) is 0 Å². The number of hydrogen-bond donors (Lipinski definition) is 1. The summed E-state index contributed by atoms with van der Waals surface area (Å²) in [5.74, 6) is -0.151. The zero-order valence-electron chi connectivity index (χ0n) is 13.3. The Hall–Kier alpha value is -2.36. The summed E-state index contributed by atoms with van der Waals surface area (Å²) in [7, 11) is 0. The van der Waals surface area contributed by atoms with Crippen LogP contribution in [0, 0.1) is 12.7 Å². The van der Waals surface area contributed by atoms with Crippen LogP contribution >= 0.6 is 0 Å². The van der Waals surface area contributed by atoms with Gasteiger partial charge in [-0.15, -0.1) is 0 Å². The molecule has 3 rings (SSSR count). The minimum atomic E-state index is -0.135. The SMILES string of the molecule is Cc1ccc(F)c2c1N(CCC(=O)Nc1ccccc1)CCC2. The minimum absolute atomic E-state index is 0.0163. The van der Waals surface area contributed by atoms with Crippen LogP contribution < -0.4 is 10.2 Å². The van der Waals surface area contributed by atoms with Crippen molar-refractivity contribution < 1.29 is 9.18 Å². The molecule has 0 radical (unpaired) electrons. The van der Waals surface area contributed by atoms with E-state index < -0.39 is 0 Å². The number of aryl methyl sites for hydroxylation is 1. The van der Waals surface area contributed by atoms with E-state index in [2.05, 4.69) is 10.2 Å². The summed E-state index contributed by atoms with van der Waals surface area (Å²) in [6, 6.07) is 12.8. The van der Waals surface area contributed by atoms with Gasteiger partial charge in [0.05, 0.1) is 0 Å². The van der Waals surface area contributed by atoms with Gasteiger partial charge < -0.3 is 10.2 Å². The Morgan fingerprint density at radius 1 is 1.22 bits per heavy atom. The molecule has 1 amide bonds. The lowest BCUT2D eigenvalue weighted by atomic mass is 9.97. The number of para-hydroxylation sites is 1. The van der Waals surface area contributed by atoms with Crippen LogP contribution in [0.2, 0.25) is 0 Å². The predicted octanol–water partition coefficient (Wildman–Crippen LogP) is 3.92. The molecule has 1 N–H and O–H groups in total. The largest absolute Gasteiger partial charge is 0.370 e. The molecule has 1 heterocycles. The molecule has 0 aromatic heterocycles. The second-order valence-electron chi connectivity index (χ2n) is 5.95. The maximum Gasteiger partial charge on any atom is 0.226 e. The Morgan fingerprint density at radius 3 is 2.78 bits per heavy atom. The summed E-state index contributed by atoms with van der Waals surface area (Å²) in [5.41, 5.74) is 3.65. The number of rotatable bonds is 4. The summed E-state index contributed by atoms with van der Waals surface area (Å²) in [5, 5.41) is 2.89. The number of nitrogens with zero attached hydrogens (tertiary/aromatic N) is 1. The fourth-order valence-corrected chi connectivity index (χ4v) is 3.17. The lowest BCUT2D eigenvalue weighted by Crippen LogP contribution is -2.33. The summed E-state index contributed by atoms with van der Waals surface area (Å²) < 4.78 is 14.0. The van der Waals surface area contributed by atoms with Crippen LogP contribution in [0.5, 0.6) is 0 Å². The smallest absolute Gasteiger partial charge is 0.226 e. The predicted molar refractivity (Wildman–Crippen MR) is 91.4 cm³/mol. The van der Waals surface area contributed by atoms with Crippen molar-refractivity contribution in [1.82, 2.24) is 0 Å². The van der Waals surface area contributed by atoms with Gasteiger partial charge in [0.2, 0.25) is 5.91 Å². The number of carbonyl (C=O) groups excluding carboxylic acids is 1. The lowest BCUT2D eigenvalue weighted by Gasteiger charge is -2.33. The zero-order valence-corrected chi connectivity index (χ0v) is 13.3. The maximum atomic E-state index is 14.0. The standard InChI is InChI=1S/C19H21FN2O/c1-14-9-10-17(20)16-8-5-12-22(19(14)16)13-11-18(23)21-15-6-3-2-4-7-15/h2-4,6-7,9-10H,5,8,11-13H2,1H3,(H,21,23). The van der Waals surface area contributed by atoms with Gasteiger partial charge in [-0.1, -0.05) is 24.3 Å². The average Bonchev–Trinajstić information content (AvgIpc) is 2.57. The Kier molecular flexibility index (Phi) is 4.60. The Morgan fingerprint density at radius 2 is 2.00 bits per heavy atom. The molecule has 2 aromatic rings. The first kappa shape index (κ1) is 15.5. The van der Waals surface area contributed by atoms with E-state index in [4.69, 9.17) is 0 Å². The normalized spacial score (nSPS) is 13.6. The Bertz CT molecular complexity index is 700. The quantitative estimate of drug-likeness (QED) is 0.928. The highest BCUT2D eigenvalue weighted by Gasteiger charge is 2.22. The molecule has 0 unspecified atom stereocenters. The van der Waals surface area contributed by atoms with Crippen LogP contribution in [0.4, 0.5) is 15.8 Å². The van der Waals surface area contributed by atoms with Crippen molar-refractivity contribution in [1.29, 1.82) is 0 Å². The number of anilines is 2. The third-order valence-electron chi connectivity index (χ3n) is 4.26. The fraction of sp³-hybridized carbons (Fsp3) is 0.316. The number of nitrogens with one attached hydrogen (secondary N) is 1. The molecule has 0 aliphatic carbocycles. The van der Waals surface area contributed by atoms with Crippen LogP contribution in [0.3, 0.4) is 0 Å². The second kappa shape index (κ2) is 6.82. The van der Waals surface area contributed by atoms with Crippen LogP contribution in [0.1, 0.15) is 24.0 Å². The van der Waals surface area contributed by atoms with Gasteiger partial charge in [0.1, 0.15) is 5.82 Å². The van der Waals surface area contributed by atoms with Gasteiger partial charge in [-0.25, -0.2) is 4.39 Å². The molecule has 23 heavy (non-hydrogen) atoms. The van der Waals surface area contributed by atoms with Gasteiger partial charge in [-0.3, -0.25) is 4.79 Å². The third-order valence-corrected chi connectivity index (χ3v) is 4.26. The third kappa shape index (κ3) is 3.52. The summed E-state index contributed by atoms with van der Waals surface area (Å²) in [6.07, 6.45) is 2.09. The summed E-state index contributed by atoms with van der Waals surface area (Å²) in [6.45, 7) is 3.48. The van der Waals surface area contributed by atoms with Crippen LogP contribution in [-0.4, -0.2) is 19.0 Å². The van der Waals surface area contributed by atoms with Crippen LogP contribution in [0.15, 0.2) is 42.5 Å². The zero-order chi connectivity index (χ0) is 16.2. The first-order valence-corrected chi connectivity index (χ1v) is 8.03. The van der Waals surface area contributed by atoms with Crippen molar-refractivity contribution >= 4 is 17.3 Å². The van der Waals surface area contributed by atoms with Crippen LogP contribution in [0.25, 0.3) is 0 Å². The number of carbonyl (C=O) groups is 1. The molecule has 0 spiro atoms. The van der Waals surface area contributed by atoms with Gasteiger partial charge in [-0.2, -0.15) is 0 Å². The van der Waals surface area contributed by atoms with Crippen molar-refractivity contribution in [3.05, 3.63) is 59.4 Å². The topological polar surface area (TPSA) is 32.3 Å². The maximum absolute atomic E-state index is 14.0. The van der Waals surface area contributed by atoms with Crippen molar-refractivity contribution in [3.63, 3.8) is 0 Å². The second-order valence-corrected chi connectivity index (χ2v) is 5.95. The van der Waals surface area contributed by atoms with E-state index in [1.165, 1.54) is 0 Å². The van der Waals surface area contributed by atoms with E-state index in [0.29, 0.717) is 13.0 Å². The molecule has 1 aliphatic rings. The molecule has 0 bridgehead atoms. The van der Waals surface area contributed by atoms with Gasteiger partial charge in [0.15, 0.2) is 0 Å². The summed E-state index contributed by atoms with van der Waals surface area (Å²) >= 11 is 0. The highest BCUT2D eigenvalue weighted by molar-refractivity contribution is 5.91. The molecule has 1 aliphatic heterocycles. The molecule has 0 atom stereocenters. The van der Waals surface area contributed by atoms with E-state index in [-0.39, 0.29) is 11.7 Å². The fourth-order valence-electron chi connectivity index (χ4n) is 3.17.